The number of rotatable bonds is 6. The fourth-order valence-corrected chi connectivity index (χ4v) is 1.88. The van der Waals surface area contributed by atoms with Crippen molar-refractivity contribution in [3.05, 3.63) is 35.9 Å². The smallest absolute Gasteiger partial charge is 0.0607 e. The molecule has 0 saturated heterocycles. The zero-order valence-electron chi connectivity index (χ0n) is 11.4. The molecule has 0 spiro atoms. The molecule has 0 aliphatic carbocycles. The van der Waals surface area contributed by atoms with Crippen molar-refractivity contribution < 1.29 is 5.11 Å². The third-order valence-corrected chi connectivity index (χ3v) is 3.23. The fourth-order valence-electron chi connectivity index (χ4n) is 1.88. The number of aliphatic hydroxyl groups is 1. The lowest BCUT2D eigenvalue weighted by molar-refractivity contribution is 0.184. The standard InChI is InChI=1S/C15H25NO/c1-12(2)14(10-16-15(3,4)11-17)13-8-6-5-7-9-13/h5-9,12,14,16-17H,10-11H2,1-4H3. The van der Waals surface area contributed by atoms with Gasteiger partial charge in [-0.25, -0.2) is 0 Å². The Bertz CT molecular complexity index is 319. The van der Waals surface area contributed by atoms with Crippen LogP contribution in [0.25, 0.3) is 0 Å². The molecule has 2 heteroatoms. The molecule has 0 bridgehead atoms. The summed E-state index contributed by atoms with van der Waals surface area (Å²) >= 11 is 0. The van der Waals surface area contributed by atoms with Crippen LogP contribution in [0.15, 0.2) is 30.3 Å². The maximum Gasteiger partial charge on any atom is 0.0607 e. The summed E-state index contributed by atoms with van der Waals surface area (Å²) in [6, 6.07) is 10.6. The highest BCUT2D eigenvalue weighted by atomic mass is 16.3. The minimum atomic E-state index is -0.206. The van der Waals surface area contributed by atoms with Gasteiger partial charge in [0, 0.05) is 12.1 Å². The molecule has 0 radical (unpaired) electrons. The van der Waals surface area contributed by atoms with E-state index in [4.69, 9.17) is 0 Å². The van der Waals surface area contributed by atoms with Gasteiger partial charge in [-0.15, -0.1) is 0 Å². The first-order valence-electron chi connectivity index (χ1n) is 6.37. The monoisotopic (exact) mass is 235 g/mol. The summed E-state index contributed by atoms with van der Waals surface area (Å²) in [5.74, 6) is 1.07. The van der Waals surface area contributed by atoms with Gasteiger partial charge in [0.05, 0.1) is 6.61 Å². The van der Waals surface area contributed by atoms with E-state index in [-0.39, 0.29) is 12.1 Å². The Labute approximate surface area is 105 Å². The summed E-state index contributed by atoms with van der Waals surface area (Å²) in [4.78, 5) is 0. The van der Waals surface area contributed by atoms with Crippen molar-refractivity contribution in [2.24, 2.45) is 5.92 Å². The van der Waals surface area contributed by atoms with Crippen molar-refractivity contribution in [3.63, 3.8) is 0 Å². The van der Waals surface area contributed by atoms with Crippen molar-refractivity contribution in [2.75, 3.05) is 13.2 Å². The van der Waals surface area contributed by atoms with Crippen LogP contribution in [0, 0.1) is 5.92 Å². The molecule has 0 aliphatic heterocycles. The molecule has 96 valence electrons. The number of benzene rings is 1. The van der Waals surface area contributed by atoms with Gasteiger partial charge in [0.25, 0.3) is 0 Å². The van der Waals surface area contributed by atoms with Crippen LogP contribution in [0.1, 0.15) is 39.2 Å². The Kier molecular flexibility index (Phi) is 5.16. The van der Waals surface area contributed by atoms with E-state index in [1.165, 1.54) is 5.56 Å². The average molecular weight is 235 g/mol. The Balaban J connectivity index is 2.69. The van der Waals surface area contributed by atoms with Gasteiger partial charge in [-0.1, -0.05) is 44.2 Å². The predicted octanol–water partition coefficient (Wildman–Crippen LogP) is 2.79. The molecular formula is C15H25NO. The molecule has 1 aromatic carbocycles. The molecule has 0 amide bonds. The van der Waals surface area contributed by atoms with Crippen LogP contribution < -0.4 is 5.32 Å². The van der Waals surface area contributed by atoms with E-state index >= 15 is 0 Å². The largest absolute Gasteiger partial charge is 0.394 e. The van der Waals surface area contributed by atoms with Crippen molar-refractivity contribution in [3.8, 4) is 0 Å². The highest BCUT2D eigenvalue weighted by Gasteiger charge is 2.20. The lowest BCUT2D eigenvalue weighted by atomic mass is 9.87. The van der Waals surface area contributed by atoms with Crippen molar-refractivity contribution in [1.29, 1.82) is 0 Å². The molecule has 2 nitrogen and oxygen atoms in total. The normalized spacial score (nSPS) is 14.0. The Hall–Kier alpha value is -0.860. The van der Waals surface area contributed by atoms with Crippen LogP contribution >= 0.6 is 0 Å². The summed E-state index contributed by atoms with van der Waals surface area (Å²) in [5, 5.41) is 12.7. The van der Waals surface area contributed by atoms with E-state index in [1.807, 2.05) is 19.9 Å². The van der Waals surface area contributed by atoms with Crippen LogP contribution in [-0.2, 0) is 0 Å². The maximum atomic E-state index is 9.25. The Morgan fingerprint density at radius 1 is 1.18 bits per heavy atom. The van der Waals surface area contributed by atoms with Gasteiger partial charge < -0.3 is 10.4 Å². The first-order valence-corrected chi connectivity index (χ1v) is 6.37. The third kappa shape index (κ3) is 4.49. The first-order chi connectivity index (χ1) is 7.96. The number of hydrogen-bond acceptors (Lipinski definition) is 2. The van der Waals surface area contributed by atoms with Gasteiger partial charge >= 0.3 is 0 Å². The number of nitrogens with one attached hydrogen (secondary N) is 1. The fraction of sp³-hybridized carbons (Fsp3) is 0.600. The highest BCUT2D eigenvalue weighted by molar-refractivity contribution is 5.20. The van der Waals surface area contributed by atoms with Crippen molar-refractivity contribution in [1.82, 2.24) is 5.32 Å². The molecule has 0 aliphatic rings. The zero-order valence-corrected chi connectivity index (χ0v) is 11.4. The summed E-state index contributed by atoms with van der Waals surface area (Å²) in [7, 11) is 0. The number of aliphatic hydroxyl groups excluding tert-OH is 1. The number of hydrogen-bond donors (Lipinski definition) is 2. The molecule has 1 rings (SSSR count). The molecule has 0 heterocycles. The van der Waals surface area contributed by atoms with Crippen molar-refractivity contribution >= 4 is 0 Å². The van der Waals surface area contributed by atoms with Crippen molar-refractivity contribution in [2.45, 2.75) is 39.2 Å². The minimum Gasteiger partial charge on any atom is -0.394 e. The molecule has 0 saturated carbocycles. The lowest BCUT2D eigenvalue weighted by Gasteiger charge is -2.29. The lowest BCUT2D eigenvalue weighted by Crippen LogP contribution is -2.45. The second-order valence-electron chi connectivity index (χ2n) is 5.68. The summed E-state index contributed by atoms with van der Waals surface area (Å²) in [5.41, 5.74) is 1.16. The van der Waals surface area contributed by atoms with E-state index in [2.05, 4.69) is 43.4 Å². The molecule has 0 aromatic heterocycles. The molecular weight excluding hydrogens is 210 g/mol. The molecule has 1 aromatic rings. The van der Waals surface area contributed by atoms with Gasteiger partial charge in [-0.2, -0.15) is 0 Å². The van der Waals surface area contributed by atoms with Gasteiger partial charge in [-0.05, 0) is 31.2 Å². The van der Waals surface area contributed by atoms with Crippen LogP contribution in [0.3, 0.4) is 0 Å². The van der Waals surface area contributed by atoms with Gasteiger partial charge in [-0.3, -0.25) is 0 Å². The Morgan fingerprint density at radius 2 is 1.76 bits per heavy atom. The van der Waals surface area contributed by atoms with E-state index in [0.29, 0.717) is 11.8 Å². The van der Waals surface area contributed by atoms with Crippen LogP contribution in [0.5, 0.6) is 0 Å². The minimum absolute atomic E-state index is 0.159. The topological polar surface area (TPSA) is 32.3 Å². The average Bonchev–Trinajstić information content (AvgIpc) is 2.30. The summed E-state index contributed by atoms with van der Waals surface area (Å²) in [6.45, 7) is 9.59. The van der Waals surface area contributed by atoms with E-state index < -0.39 is 0 Å². The summed E-state index contributed by atoms with van der Waals surface area (Å²) < 4.78 is 0. The van der Waals surface area contributed by atoms with Crippen LogP contribution in [-0.4, -0.2) is 23.8 Å². The molecule has 1 atom stereocenters. The second kappa shape index (κ2) is 6.18. The second-order valence-corrected chi connectivity index (χ2v) is 5.68. The predicted molar refractivity (Wildman–Crippen MR) is 73.2 cm³/mol. The van der Waals surface area contributed by atoms with Gasteiger partial charge in [0.15, 0.2) is 0 Å². The van der Waals surface area contributed by atoms with Crippen LogP contribution in [0.2, 0.25) is 0 Å². The van der Waals surface area contributed by atoms with E-state index in [0.717, 1.165) is 6.54 Å². The maximum absolute atomic E-state index is 9.25. The quantitative estimate of drug-likeness (QED) is 0.794. The molecule has 2 N–H and O–H groups in total. The molecule has 1 unspecified atom stereocenters. The highest BCUT2D eigenvalue weighted by Crippen LogP contribution is 2.24. The molecule has 17 heavy (non-hydrogen) atoms. The van der Waals surface area contributed by atoms with Gasteiger partial charge in [0.1, 0.15) is 0 Å². The van der Waals surface area contributed by atoms with E-state index in [9.17, 15) is 5.11 Å². The van der Waals surface area contributed by atoms with Gasteiger partial charge in [0.2, 0.25) is 0 Å². The first kappa shape index (κ1) is 14.2. The SMILES string of the molecule is CC(C)C(CNC(C)(C)CO)c1ccccc1. The molecule has 0 fully saturated rings. The zero-order chi connectivity index (χ0) is 12.9. The van der Waals surface area contributed by atoms with E-state index in [1.54, 1.807) is 0 Å². The summed E-state index contributed by atoms with van der Waals surface area (Å²) in [6.07, 6.45) is 0. The van der Waals surface area contributed by atoms with Crippen LogP contribution in [0.4, 0.5) is 0 Å². The third-order valence-electron chi connectivity index (χ3n) is 3.23. The Morgan fingerprint density at radius 3 is 2.24 bits per heavy atom.